The maximum Gasteiger partial charge on any atom is 0.387 e. The van der Waals surface area contributed by atoms with Gasteiger partial charge in [0.1, 0.15) is 5.70 Å². The standard InChI is InChI=1S/C21H20F2N2O3S/c1-4-27-17-7-5-6-14(18(17)28-20(22)23)11-16-19(26)25(21(29)24-16)15-9-12(2)8-13(3)10-15/h5-11,20H,4H2,1-3H3,(H,24,29)/b16-11-. The number of benzene rings is 2. The average molecular weight is 418 g/mol. The third-order valence-electron chi connectivity index (χ3n) is 4.16. The van der Waals surface area contributed by atoms with Gasteiger partial charge in [-0.15, -0.1) is 0 Å². The van der Waals surface area contributed by atoms with Crippen LogP contribution in [-0.2, 0) is 4.79 Å². The Morgan fingerprint density at radius 1 is 1.21 bits per heavy atom. The number of carbonyl (C=O) groups is 1. The number of carbonyl (C=O) groups excluding carboxylic acids is 1. The molecule has 2 aromatic rings. The van der Waals surface area contributed by atoms with Gasteiger partial charge in [-0.05, 0) is 68.4 Å². The summed E-state index contributed by atoms with van der Waals surface area (Å²) in [5, 5.41) is 3.07. The Labute approximate surface area is 172 Å². The number of amides is 1. The molecule has 1 heterocycles. The minimum absolute atomic E-state index is 0.137. The Bertz CT molecular complexity index is 972. The molecule has 152 valence electrons. The Balaban J connectivity index is 2.00. The van der Waals surface area contributed by atoms with Crippen molar-refractivity contribution in [3.8, 4) is 11.5 Å². The van der Waals surface area contributed by atoms with E-state index in [2.05, 4.69) is 10.1 Å². The van der Waals surface area contributed by atoms with Crippen LogP contribution in [0.25, 0.3) is 6.08 Å². The summed E-state index contributed by atoms with van der Waals surface area (Å²) in [4.78, 5) is 14.4. The molecule has 0 atom stereocenters. The predicted molar refractivity (Wildman–Crippen MR) is 111 cm³/mol. The van der Waals surface area contributed by atoms with Crippen LogP contribution in [0.4, 0.5) is 14.5 Å². The number of nitrogens with zero attached hydrogens (tertiary/aromatic N) is 1. The van der Waals surface area contributed by atoms with E-state index in [1.807, 2.05) is 32.0 Å². The third kappa shape index (κ3) is 4.54. The molecule has 0 unspecified atom stereocenters. The van der Waals surface area contributed by atoms with E-state index in [0.29, 0.717) is 5.69 Å². The van der Waals surface area contributed by atoms with E-state index >= 15 is 0 Å². The van der Waals surface area contributed by atoms with Crippen molar-refractivity contribution in [1.29, 1.82) is 0 Å². The first-order chi connectivity index (χ1) is 13.8. The minimum atomic E-state index is -3.03. The number of thiocarbonyl (C=S) groups is 1. The summed E-state index contributed by atoms with van der Waals surface area (Å²) in [5.74, 6) is -0.353. The van der Waals surface area contributed by atoms with Gasteiger partial charge < -0.3 is 14.8 Å². The molecular weight excluding hydrogens is 398 g/mol. The Kier molecular flexibility index (Phi) is 6.12. The summed E-state index contributed by atoms with van der Waals surface area (Å²) >= 11 is 5.33. The molecule has 0 aliphatic carbocycles. The monoisotopic (exact) mass is 418 g/mol. The largest absolute Gasteiger partial charge is 0.490 e. The number of anilines is 1. The predicted octanol–water partition coefficient (Wildman–Crippen LogP) is 4.57. The number of nitrogens with one attached hydrogen (secondary N) is 1. The summed E-state index contributed by atoms with van der Waals surface area (Å²) in [6.45, 7) is 2.84. The fraction of sp³-hybridized carbons (Fsp3) is 0.238. The Hall–Kier alpha value is -3.00. The van der Waals surface area contributed by atoms with Crippen LogP contribution in [0.5, 0.6) is 11.5 Å². The van der Waals surface area contributed by atoms with Gasteiger partial charge in [0.25, 0.3) is 5.91 Å². The summed E-state index contributed by atoms with van der Waals surface area (Å²) in [6, 6.07) is 10.4. The number of aryl methyl sites for hydroxylation is 2. The minimum Gasteiger partial charge on any atom is -0.490 e. The first-order valence-electron chi connectivity index (χ1n) is 8.96. The van der Waals surface area contributed by atoms with E-state index in [0.717, 1.165) is 11.1 Å². The van der Waals surface area contributed by atoms with E-state index in [1.54, 1.807) is 19.1 Å². The third-order valence-corrected chi connectivity index (χ3v) is 4.44. The lowest BCUT2D eigenvalue weighted by Gasteiger charge is -2.15. The van der Waals surface area contributed by atoms with E-state index in [4.69, 9.17) is 17.0 Å². The molecule has 0 spiro atoms. The van der Waals surface area contributed by atoms with Gasteiger partial charge in [-0.3, -0.25) is 9.69 Å². The lowest BCUT2D eigenvalue weighted by atomic mass is 10.1. The number of para-hydroxylation sites is 1. The highest BCUT2D eigenvalue weighted by Crippen LogP contribution is 2.35. The zero-order valence-corrected chi connectivity index (χ0v) is 17.0. The Morgan fingerprint density at radius 3 is 2.52 bits per heavy atom. The zero-order valence-electron chi connectivity index (χ0n) is 16.2. The lowest BCUT2D eigenvalue weighted by Crippen LogP contribution is -2.30. The second-order valence-electron chi connectivity index (χ2n) is 6.46. The van der Waals surface area contributed by atoms with E-state index in [1.165, 1.54) is 17.0 Å². The molecule has 8 heteroatoms. The molecule has 3 rings (SSSR count). The summed E-state index contributed by atoms with van der Waals surface area (Å²) in [5.41, 5.74) is 3.05. The van der Waals surface area contributed by atoms with Crippen LogP contribution in [0.2, 0.25) is 0 Å². The molecule has 29 heavy (non-hydrogen) atoms. The number of halogens is 2. The summed E-state index contributed by atoms with van der Waals surface area (Å²) < 4.78 is 35.9. The highest BCUT2D eigenvalue weighted by molar-refractivity contribution is 7.80. The van der Waals surface area contributed by atoms with Crippen LogP contribution < -0.4 is 19.7 Å². The fourth-order valence-electron chi connectivity index (χ4n) is 3.14. The first kappa shape index (κ1) is 20.7. The topological polar surface area (TPSA) is 50.8 Å². The van der Waals surface area contributed by atoms with E-state index in [-0.39, 0.29) is 40.4 Å². The van der Waals surface area contributed by atoms with Gasteiger partial charge >= 0.3 is 6.61 Å². The maximum atomic E-state index is 13.0. The number of rotatable bonds is 6. The second-order valence-corrected chi connectivity index (χ2v) is 6.85. The van der Waals surface area contributed by atoms with Crippen LogP contribution in [-0.4, -0.2) is 24.2 Å². The van der Waals surface area contributed by atoms with Gasteiger partial charge in [-0.2, -0.15) is 8.78 Å². The summed E-state index contributed by atoms with van der Waals surface area (Å²) in [7, 11) is 0. The average Bonchev–Trinajstić information content (AvgIpc) is 2.90. The van der Waals surface area contributed by atoms with Crippen molar-refractivity contribution >= 4 is 35.0 Å². The molecule has 1 amide bonds. The summed E-state index contributed by atoms with van der Waals surface area (Å²) in [6.07, 6.45) is 1.43. The van der Waals surface area contributed by atoms with Gasteiger partial charge in [0.05, 0.1) is 12.3 Å². The molecule has 1 fully saturated rings. The lowest BCUT2D eigenvalue weighted by molar-refractivity contribution is -0.113. The van der Waals surface area contributed by atoms with Crippen molar-refractivity contribution < 1.29 is 23.0 Å². The van der Waals surface area contributed by atoms with Gasteiger partial charge in [0.15, 0.2) is 16.6 Å². The molecule has 1 aliphatic rings. The van der Waals surface area contributed by atoms with Crippen LogP contribution >= 0.6 is 12.2 Å². The van der Waals surface area contributed by atoms with Gasteiger partial charge in [0.2, 0.25) is 0 Å². The van der Waals surface area contributed by atoms with Crippen LogP contribution in [0.15, 0.2) is 42.1 Å². The van der Waals surface area contributed by atoms with Crippen molar-refractivity contribution in [2.24, 2.45) is 0 Å². The normalized spacial score (nSPS) is 15.2. The highest BCUT2D eigenvalue weighted by Gasteiger charge is 2.32. The molecule has 2 aromatic carbocycles. The molecule has 1 saturated heterocycles. The van der Waals surface area contributed by atoms with Crippen molar-refractivity contribution in [1.82, 2.24) is 5.32 Å². The fourth-order valence-corrected chi connectivity index (χ4v) is 3.43. The van der Waals surface area contributed by atoms with E-state index < -0.39 is 6.61 Å². The number of hydrogen-bond acceptors (Lipinski definition) is 4. The Morgan fingerprint density at radius 2 is 1.90 bits per heavy atom. The van der Waals surface area contributed by atoms with Crippen LogP contribution in [0.3, 0.4) is 0 Å². The number of hydrogen-bond donors (Lipinski definition) is 1. The molecule has 5 nitrogen and oxygen atoms in total. The maximum absolute atomic E-state index is 13.0. The number of ether oxygens (including phenoxy) is 2. The van der Waals surface area contributed by atoms with Gasteiger partial charge in [0, 0.05) is 5.56 Å². The zero-order chi connectivity index (χ0) is 21.1. The SMILES string of the molecule is CCOc1cccc(/C=C2\NC(=S)N(c3cc(C)cc(C)c3)C2=O)c1OC(F)F. The van der Waals surface area contributed by atoms with E-state index in [9.17, 15) is 13.6 Å². The molecule has 1 N–H and O–H groups in total. The number of alkyl halides is 2. The first-order valence-corrected chi connectivity index (χ1v) is 9.37. The molecule has 0 radical (unpaired) electrons. The van der Waals surface area contributed by atoms with Gasteiger partial charge in [-0.25, -0.2) is 0 Å². The van der Waals surface area contributed by atoms with Crippen molar-refractivity contribution in [2.45, 2.75) is 27.4 Å². The van der Waals surface area contributed by atoms with Crippen molar-refractivity contribution in [3.05, 3.63) is 58.8 Å². The molecule has 0 bridgehead atoms. The quantitative estimate of drug-likeness (QED) is 0.550. The molecule has 0 saturated carbocycles. The van der Waals surface area contributed by atoms with Crippen molar-refractivity contribution in [3.63, 3.8) is 0 Å². The molecular formula is C21H20F2N2O3S. The molecule has 1 aliphatic heterocycles. The van der Waals surface area contributed by atoms with Crippen molar-refractivity contribution in [2.75, 3.05) is 11.5 Å². The second kappa shape index (κ2) is 8.57. The molecule has 0 aromatic heterocycles. The van der Waals surface area contributed by atoms with Crippen LogP contribution in [0.1, 0.15) is 23.6 Å². The van der Waals surface area contributed by atoms with Crippen LogP contribution in [0, 0.1) is 13.8 Å². The smallest absolute Gasteiger partial charge is 0.387 e. The van der Waals surface area contributed by atoms with Gasteiger partial charge in [-0.1, -0.05) is 18.2 Å². The highest BCUT2D eigenvalue weighted by atomic mass is 32.1.